The molecule has 2 aliphatic heterocycles. The quantitative estimate of drug-likeness (QED) is 0.512. The lowest BCUT2D eigenvalue weighted by Crippen LogP contribution is -2.45. The van der Waals surface area contributed by atoms with Gasteiger partial charge in [-0.2, -0.15) is 13.8 Å². The number of hydrogen-bond donors (Lipinski definition) is 2. The third-order valence-electron chi connectivity index (χ3n) is 6.50. The van der Waals surface area contributed by atoms with Crippen LogP contribution in [0.15, 0.2) is 41.3 Å². The molecule has 0 spiro atoms. The summed E-state index contributed by atoms with van der Waals surface area (Å²) in [4.78, 5) is 17.4. The van der Waals surface area contributed by atoms with Gasteiger partial charge >= 0.3 is 11.6 Å². The van der Waals surface area contributed by atoms with E-state index in [0.717, 1.165) is 23.0 Å². The molecule has 0 bridgehead atoms. The highest BCUT2D eigenvalue weighted by Crippen LogP contribution is 2.42. The first-order valence-corrected chi connectivity index (χ1v) is 11.3. The minimum absolute atomic E-state index is 0.0147. The molecular formula is C23H25F3N6O4. The number of aromatic nitrogens is 4. The molecule has 0 radical (unpaired) electrons. The highest BCUT2D eigenvalue weighted by atomic mass is 19.3. The fourth-order valence-corrected chi connectivity index (χ4v) is 4.57. The largest absolute Gasteiger partial charge is 0.472 e. The normalized spacial score (nSPS) is 23.5. The third-order valence-corrected chi connectivity index (χ3v) is 6.50. The first-order valence-electron chi connectivity index (χ1n) is 11.3. The third kappa shape index (κ3) is 4.45. The summed E-state index contributed by atoms with van der Waals surface area (Å²) in [5, 5.41) is 14.8. The maximum Gasteiger partial charge on any atom is 0.351 e. The summed E-state index contributed by atoms with van der Waals surface area (Å²) in [6.07, 6.45) is -3.73. The van der Waals surface area contributed by atoms with Crippen LogP contribution >= 0.6 is 0 Å². The van der Waals surface area contributed by atoms with E-state index in [4.69, 9.17) is 15.2 Å². The molecule has 2 aliphatic rings. The number of aryl methyl sites for hydroxylation is 1. The van der Waals surface area contributed by atoms with Gasteiger partial charge in [-0.05, 0) is 30.2 Å². The fraction of sp³-hybridized carbons (Fsp3) is 0.435. The van der Waals surface area contributed by atoms with Gasteiger partial charge in [0.25, 0.3) is 0 Å². The van der Waals surface area contributed by atoms with E-state index >= 15 is 0 Å². The number of nitrogens with zero attached hydrogens (tertiary/aromatic N) is 5. The summed E-state index contributed by atoms with van der Waals surface area (Å²) >= 11 is 0. The molecule has 1 aromatic carbocycles. The first-order chi connectivity index (χ1) is 17.1. The number of nitrogens with two attached hydrogens (primary N) is 1. The van der Waals surface area contributed by atoms with Crippen molar-refractivity contribution in [3.8, 4) is 5.88 Å². The van der Waals surface area contributed by atoms with Gasteiger partial charge in [-0.1, -0.05) is 12.1 Å². The zero-order valence-electron chi connectivity index (χ0n) is 19.4. The van der Waals surface area contributed by atoms with Gasteiger partial charge in [0.2, 0.25) is 12.1 Å². The SMILES string of the molecule is Cn1nc(OCc2ccc(F)cc2)c2c1CN(C[C@H]1O[C@@H](n3ccc(N)nc3=O)C(F)(F)[C@@H]1O)CC2. The summed E-state index contributed by atoms with van der Waals surface area (Å²) in [7, 11) is 1.76. The van der Waals surface area contributed by atoms with E-state index in [-0.39, 0.29) is 24.8 Å². The molecule has 0 unspecified atom stereocenters. The molecule has 1 fully saturated rings. The summed E-state index contributed by atoms with van der Waals surface area (Å²) in [6.45, 7) is 1.12. The lowest BCUT2D eigenvalue weighted by molar-refractivity contribution is -0.140. The van der Waals surface area contributed by atoms with Crippen molar-refractivity contribution in [2.24, 2.45) is 7.05 Å². The van der Waals surface area contributed by atoms with Crippen molar-refractivity contribution in [2.45, 2.75) is 43.9 Å². The van der Waals surface area contributed by atoms with Gasteiger partial charge in [0, 0.05) is 38.4 Å². The van der Waals surface area contributed by atoms with Crippen molar-refractivity contribution < 1.29 is 27.8 Å². The van der Waals surface area contributed by atoms with Crippen molar-refractivity contribution in [2.75, 3.05) is 18.8 Å². The predicted molar refractivity (Wildman–Crippen MR) is 121 cm³/mol. The van der Waals surface area contributed by atoms with E-state index in [2.05, 4.69) is 10.1 Å². The van der Waals surface area contributed by atoms with Crippen LogP contribution in [0.3, 0.4) is 0 Å². The molecule has 3 atom stereocenters. The van der Waals surface area contributed by atoms with Gasteiger partial charge < -0.3 is 20.3 Å². The maximum atomic E-state index is 14.9. The summed E-state index contributed by atoms with van der Waals surface area (Å²) < 4.78 is 56.5. The topological polar surface area (TPSA) is 121 Å². The Morgan fingerprint density at radius 2 is 2.03 bits per heavy atom. The fourth-order valence-electron chi connectivity index (χ4n) is 4.57. The molecule has 36 heavy (non-hydrogen) atoms. The zero-order chi connectivity index (χ0) is 25.6. The number of nitrogen functional groups attached to an aromatic ring is 1. The average molecular weight is 506 g/mol. The minimum Gasteiger partial charge on any atom is -0.472 e. The number of anilines is 1. The molecule has 0 aliphatic carbocycles. The van der Waals surface area contributed by atoms with E-state index in [1.165, 1.54) is 18.2 Å². The lowest BCUT2D eigenvalue weighted by atomic mass is 10.0. The van der Waals surface area contributed by atoms with Gasteiger partial charge in [0.1, 0.15) is 30.4 Å². The number of halogens is 3. The predicted octanol–water partition coefficient (Wildman–Crippen LogP) is 1.23. The summed E-state index contributed by atoms with van der Waals surface area (Å²) in [5.41, 5.74) is 7.01. The van der Waals surface area contributed by atoms with Crippen LogP contribution < -0.4 is 16.2 Å². The van der Waals surface area contributed by atoms with E-state index in [9.17, 15) is 23.1 Å². The van der Waals surface area contributed by atoms with E-state index in [1.54, 1.807) is 23.9 Å². The van der Waals surface area contributed by atoms with E-state index < -0.39 is 30.0 Å². The van der Waals surface area contributed by atoms with Crippen LogP contribution in [0.25, 0.3) is 0 Å². The van der Waals surface area contributed by atoms with E-state index in [1.807, 2.05) is 4.90 Å². The molecule has 3 N–H and O–H groups in total. The Balaban J connectivity index is 1.27. The van der Waals surface area contributed by atoms with Gasteiger partial charge in [0.05, 0.1) is 5.69 Å². The molecule has 13 heteroatoms. The van der Waals surface area contributed by atoms with Gasteiger partial charge in [-0.3, -0.25) is 14.1 Å². The Kier molecular flexibility index (Phi) is 6.22. The van der Waals surface area contributed by atoms with E-state index in [0.29, 0.717) is 30.0 Å². The smallest absolute Gasteiger partial charge is 0.351 e. The average Bonchev–Trinajstić information content (AvgIpc) is 3.26. The maximum absolute atomic E-state index is 14.9. The molecule has 4 heterocycles. The Bertz CT molecular complexity index is 1310. The van der Waals surface area contributed by atoms with Gasteiger partial charge in [-0.15, -0.1) is 5.10 Å². The van der Waals surface area contributed by atoms with Crippen molar-refractivity contribution in [1.82, 2.24) is 24.2 Å². The van der Waals surface area contributed by atoms with Crippen LogP contribution in [0.5, 0.6) is 5.88 Å². The van der Waals surface area contributed by atoms with Gasteiger partial charge in [0.15, 0.2) is 0 Å². The standard InChI is InChI=1S/C23H25F3N6O4/c1-30-16-10-31(8-6-15(16)20(29-30)35-12-13-2-4-14(24)5-3-13)11-17-19(33)23(25,26)21(36-17)32-9-7-18(27)28-22(32)34/h2-5,7,9,17,19,21,33H,6,8,10-12H2,1H3,(H2,27,28,34)/t17-,19-,21-/m1/s1. The molecule has 5 rings (SSSR count). The number of alkyl halides is 2. The Hall–Kier alpha value is -3.42. The van der Waals surface area contributed by atoms with Crippen molar-refractivity contribution in [3.63, 3.8) is 0 Å². The molecule has 3 aromatic rings. The number of fused-ring (bicyclic) bond motifs is 1. The van der Waals surface area contributed by atoms with Crippen molar-refractivity contribution in [3.05, 3.63) is 69.7 Å². The second-order valence-corrected chi connectivity index (χ2v) is 8.94. The number of benzene rings is 1. The van der Waals surface area contributed by atoms with Crippen molar-refractivity contribution >= 4 is 5.82 Å². The highest BCUT2D eigenvalue weighted by Gasteiger charge is 2.59. The van der Waals surface area contributed by atoms with Crippen LogP contribution in [0.4, 0.5) is 19.0 Å². The molecule has 0 amide bonds. The van der Waals surface area contributed by atoms with Crippen LogP contribution in [-0.2, 0) is 31.4 Å². The number of aliphatic hydroxyl groups excluding tert-OH is 1. The summed E-state index contributed by atoms with van der Waals surface area (Å²) in [6, 6.07) is 7.20. The number of aliphatic hydroxyl groups is 1. The molecule has 0 saturated carbocycles. The monoisotopic (exact) mass is 506 g/mol. The molecule has 1 saturated heterocycles. The number of hydrogen-bond acceptors (Lipinski definition) is 8. The Labute approximate surface area is 203 Å². The minimum atomic E-state index is -3.71. The molecule has 192 valence electrons. The summed E-state index contributed by atoms with van der Waals surface area (Å²) in [5.74, 6) is -3.67. The number of rotatable bonds is 6. The first kappa shape index (κ1) is 24.3. The number of ether oxygens (including phenoxy) is 2. The van der Waals surface area contributed by atoms with Gasteiger partial charge in [-0.25, -0.2) is 9.18 Å². The lowest BCUT2D eigenvalue weighted by Gasteiger charge is -2.30. The molecule has 2 aromatic heterocycles. The van der Waals surface area contributed by atoms with Crippen LogP contribution in [0.2, 0.25) is 0 Å². The second kappa shape index (κ2) is 9.22. The van der Waals surface area contributed by atoms with Crippen LogP contribution in [-0.4, -0.2) is 60.6 Å². The Morgan fingerprint density at radius 3 is 2.75 bits per heavy atom. The Morgan fingerprint density at radius 1 is 1.28 bits per heavy atom. The second-order valence-electron chi connectivity index (χ2n) is 8.94. The zero-order valence-corrected chi connectivity index (χ0v) is 19.4. The highest BCUT2D eigenvalue weighted by molar-refractivity contribution is 5.34. The molecule has 10 nitrogen and oxygen atoms in total. The van der Waals surface area contributed by atoms with Crippen LogP contribution in [0.1, 0.15) is 23.0 Å². The molecular weight excluding hydrogens is 481 g/mol. The van der Waals surface area contributed by atoms with Crippen molar-refractivity contribution in [1.29, 1.82) is 0 Å². The van der Waals surface area contributed by atoms with Crippen LogP contribution in [0, 0.1) is 5.82 Å².